The van der Waals surface area contributed by atoms with Crippen molar-refractivity contribution in [2.75, 3.05) is 32.8 Å². The zero-order chi connectivity index (χ0) is 60.6. The maximum Gasteiger partial charge on any atom is 0.0597 e. The molecule has 0 spiro atoms. The van der Waals surface area contributed by atoms with Gasteiger partial charge < -0.3 is 49.3 Å². The van der Waals surface area contributed by atoms with E-state index in [9.17, 15) is 10.2 Å². The molecule has 0 aromatic carbocycles. The Kier molecular flexibility index (Phi) is 47.4. The first-order valence-electron chi connectivity index (χ1n) is 33.6. The molecule has 0 bridgehead atoms. The standard InChI is InChI=1S/C13H24O.2C12H24O2.C12H24O.C11H23NO.C10H21NO/c1-10(2)9-12(4)14-13-7-5-11(3)6-8-13;2*1-9(2)8-10(3)14-12-6-4-11(13)5-7-12;1-10(2)9-11(3)13-12-7-5-4-6-8-12;1-10(2)9-11(3)13-8-7-12-5-4-6-12;1-8(2)7-10(4)12-6-5-9(3)11/h10,12-13H,3,5-9H2,1-2,4H3;2*9-13H,4-8H2,1-3H3;10-12H,4-9H2,1-3H3;10-11H,4-9H2,1-3H3;8,10H,3,5-7,11H2,1-2,4H3/t12-;2*10-,11?,12?;2*11-;10-/m111111/s1. The van der Waals surface area contributed by atoms with E-state index in [1.807, 2.05) is 0 Å². The highest BCUT2D eigenvalue weighted by molar-refractivity contribution is 4.98. The number of likely N-dealkylation sites (tertiary alicyclic amines) is 1. The normalized spacial score (nSPS) is 23.4. The van der Waals surface area contributed by atoms with Crippen LogP contribution >= 0.6 is 0 Å². The second-order valence-corrected chi connectivity index (χ2v) is 28.1. The Balaban J connectivity index is 0.000000937. The fraction of sp³-hybridized carbons (Fsp3) is 0.943. The van der Waals surface area contributed by atoms with Gasteiger partial charge in [0.1, 0.15) is 0 Å². The average Bonchev–Trinajstić information content (AvgIpc) is 3.32. The van der Waals surface area contributed by atoms with Crippen LogP contribution in [0.2, 0.25) is 0 Å². The molecule has 1 saturated heterocycles. The topological polar surface area (TPSA) is 125 Å². The minimum Gasteiger partial charge on any atom is -0.402 e. The van der Waals surface area contributed by atoms with Crippen LogP contribution in [0.5, 0.6) is 0 Å². The molecule has 0 radical (unpaired) electrons. The summed E-state index contributed by atoms with van der Waals surface area (Å²) in [5.74, 6) is 4.36. The number of ether oxygens (including phenoxy) is 6. The quantitative estimate of drug-likeness (QED) is 0.0652. The summed E-state index contributed by atoms with van der Waals surface area (Å²) in [6, 6.07) is 0. The lowest BCUT2D eigenvalue weighted by Gasteiger charge is -2.30. The lowest BCUT2D eigenvalue weighted by Crippen LogP contribution is -2.39. The Labute approximate surface area is 498 Å². The smallest absolute Gasteiger partial charge is 0.0597 e. The molecular formula is C70H140N2O8. The number of allylic oxidation sites excluding steroid dienone is 1. The van der Waals surface area contributed by atoms with Gasteiger partial charge in [-0.05, 0) is 225 Å². The third kappa shape index (κ3) is 49.2. The zero-order valence-corrected chi connectivity index (χ0v) is 56.4. The molecule has 0 unspecified atom stereocenters. The van der Waals surface area contributed by atoms with Crippen LogP contribution in [-0.4, -0.2) is 121 Å². The maximum atomic E-state index is 9.35. The summed E-state index contributed by atoms with van der Waals surface area (Å²) in [5.41, 5.74) is 7.51. The molecule has 0 amide bonds. The van der Waals surface area contributed by atoms with E-state index in [0.717, 1.165) is 108 Å². The highest BCUT2D eigenvalue weighted by Gasteiger charge is 2.24. The lowest BCUT2D eigenvalue weighted by atomic mass is 9.93. The van der Waals surface area contributed by atoms with E-state index < -0.39 is 0 Å². The Hall–Kier alpha value is -1.08. The first-order chi connectivity index (χ1) is 37.6. The molecule has 478 valence electrons. The number of aliphatic hydroxyl groups is 2. The molecule has 4 aliphatic carbocycles. The minimum absolute atomic E-state index is 0.0738. The Morgan fingerprint density at radius 1 is 0.425 bits per heavy atom. The Bertz CT molecular complexity index is 1370. The van der Waals surface area contributed by atoms with Crippen LogP contribution in [0.1, 0.15) is 285 Å². The van der Waals surface area contributed by atoms with E-state index in [0.29, 0.717) is 91.1 Å². The molecule has 4 saturated carbocycles. The van der Waals surface area contributed by atoms with Gasteiger partial charge in [-0.1, -0.05) is 121 Å². The summed E-state index contributed by atoms with van der Waals surface area (Å²) in [6.45, 7) is 52.8. The third-order valence-electron chi connectivity index (χ3n) is 15.6. The highest BCUT2D eigenvalue weighted by atomic mass is 16.5. The van der Waals surface area contributed by atoms with Crippen LogP contribution in [0.4, 0.5) is 0 Å². The molecule has 5 rings (SSSR count). The van der Waals surface area contributed by atoms with E-state index in [4.69, 9.17) is 34.2 Å². The van der Waals surface area contributed by atoms with Crippen molar-refractivity contribution in [2.24, 2.45) is 41.2 Å². The van der Waals surface area contributed by atoms with Gasteiger partial charge in [0, 0.05) is 18.7 Å². The van der Waals surface area contributed by atoms with Gasteiger partial charge in [-0.2, -0.15) is 0 Å². The summed E-state index contributed by atoms with van der Waals surface area (Å²) < 4.78 is 35.1. The van der Waals surface area contributed by atoms with Gasteiger partial charge in [0.25, 0.3) is 0 Å². The molecule has 5 fully saturated rings. The molecule has 0 aromatic rings. The van der Waals surface area contributed by atoms with Crippen molar-refractivity contribution in [3.8, 4) is 0 Å². The summed E-state index contributed by atoms with van der Waals surface area (Å²) in [4.78, 5) is 2.45. The SMILES string of the molecule is C=C(N)CCO[C@H](C)CC(C)C.C=C1CCC(O[C@H](C)CC(C)C)CC1.CC(C)C[C@@H](C)OC1CCC(O)CC1.CC(C)C[C@@H](C)OC1CCC(O)CC1.CC(C)C[C@@H](C)OC1CCCCC1.CC(C)C[C@@H](C)OCCN1CCC1. The Morgan fingerprint density at radius 3 is 1.02 bits per heavy atom. The van der Waals surface area contributed by atoms with E-state index in [2.05, 4.69) is 143 Å². The van der Waals surface area contributed by atoms with Crippen LogP contribution in [0.15, 0.2) is 24.4 Å². The summed E-state index contributed by atoms with van der Waals surface area (Å²) in [6.07, 6.45) is 32.4. The second kappa shape index (κ2) is 48.1. The number of hydrogen-bond donors (Lipinski definition) is 3. The molecule has 10 nitrogen and oxygen atoms in total. The molecule has 5 aliphatic rings. The van der Waals surface area contributed by atoms with Gasteiger partial charge in [0.15, 0.2) is 0 Å². The van der Waals surface area contributed by atoms with Crippen LogP contribution in [0.3, 0.4) is 0 Å². The number of nitrogens with zero attached hydrogens (tertiary/aromatic N) is 1. The van der Waals surface area contributed by atoms with E-state index in [1.54, 1.807) is 0 Å². The summed E-state index contributed by atoms with van der Waals surface area (Å²) in [5, 5.41) is 18.7. The molecule has 0 aromatic heterocycles. The maximum absolute atomic E-state index is 9.35. The van der Waals surface area contributed by atoms with Crippen molar-refractivity contribution >= 4 is 0 Å². The van der Waals surface area contributed by atoms with Crippen molar-refractivity contribution in [1.82, 2.24) is 4.90 Å². The number of rotatable bonds is 28. The van der Waals surface area contributed by atoms with Crippen molar-refractivity contribution in [1.29, 1.82) is 0 Å². The van der Waals surface area contributed by atoms with Gasteiger partial charge in [-0.15, -0.1) is 0 Å². The average molecular weight is 1140 g/mol. The van der Waals surface area contributed by atoms with Crippen molar-refractivity contribution < 1.29 is 38.6 Å². The lowest BCUT2D eigenvalue weighted by molar-refractivity contribution is -0.0471. The molecular weight excluding hydrogens is 997 g/mol. The van der Waals surface area contributed by atoms with Gasteiger partial charge in [0.2, 0.25) is 0 Å². The first-order valence-corrected chi connectivity index (χ1v) is 33.6. The van der Waals surface area contributed by atoms with Crippen LogP contribution in [-0.2, 0) is 28.4 Å². The first kappa shape index (κ1) is 78.9. The molecule has 80 heavy (non-hydrogen) atoms. The fourth-order valence-corrected chi connectivity index (χ4v) is 11.7. The van der Waals surface area contributed by atoms with Crippen LogP contribution in [0, 0.1) is 35.5 Å². The molecule has 1 heterocycles. The monoisotopic (exact) mass is 1140 g/mol. The van der Waals surface area contributed by atoms with Gasteiger partial charge in [-0.3, -0.25) is 0 Å². The summed E-state index contributed by atoms with van der Waals surface area (Å²) in [7, 11) is 0. The van der Waals surface area contributed by atoms with Gasteiger partial charge in [-0.25, -0.2) is 0 Å². The minimum atomic E-state index is -0.0738. The molecule has 10 heteroatoms. The summed E-state index contributed by atoms with van der Waals surface area (Å²) >= 11 is 0. The van der Waals surface area contributed by atoms with Crippen molar-refractivity contribution in [3.05, 3.63) is 24.4 Å². The predicted molar refractivity (Wildman–Crippen MR) is 344 cm³/mol. The Morgan fingerprint density at radius 2 is 0.725 bits per heavy atom. The van der Waals surface area contributed by atoms with Crippen LogP contribution < -0.4 is 5.73 Å². The largest absolute Gasteiger partial charge is 0.402 e. The van der Waals surface area contributed by atoms with Gasteiger partial charge in [0.05, 0.1) is 86.5 Å². The number of hydrogen-bond acceptors (Lipinski definition) is 10. The third-order valence-corrected chi connectivity index (χ3v) is 15.6. The molecule has 1 aliphatic heterocycles. The fourth-order valence-electron chi connectivity index (χ4n) is 11.7. The van der Waals surface area contributed by atoms with E-state index in [1.165, 1.54) is 102 Å². The van der Waals surface area contributed by atoms with E-state index >= 15 is 0 Å². The number of aliphatic hydroxyl groups excluding tert-OH is 2. The van der Waals surface area contributed by atoms with Gasteiger partial charge >= 0.3 is 0 Å². The van der Waals surface area contributed by atoms with Crippen molar-refractivity contribution in [2.45, 2.75) is 358 Å². The molecule has 6 atom stereocenters. The predicted octanol–water partition coefficient (Wildman–Crippen LogP) is 17.6. The second-order valence-electron chi connectivity index (χ2n) is 28.1. The van der Waals surface area contributed by atoms with Crippen molar-refractivity contribution in [3.63, 3.8) is 0 Å². The van der Waals surface area contributed by atoms with E-state index in [-0.39, 0.29) is 12.2 Å². The van der Waals surface area contributed by atoms with Crippen LogP contribution in [0.25, 0.3) is 0 Å². The zero-order valence-electron chi connectivity index (χ0n) is 56.4. The highest BCUT2D eigenvalue weighted by Crippen LogP contribution is 2.28. The number of nitrogens with two attached hydrogens (primary N) is 1. The molecule has 4 N–H and O–H groups in total.